The fraction of sp³-hybridized carbons (Fsp3) is 0. The first-order valence-electron chi connectivity index (χ1n) is 4.94. The van der Waals surface area contributed by atoms with Gasteiger partial charge in [-0.1, -0.05) is 17.7 Å². The van der Waals surface area contributed by atoms with Gasteiger partial charge in [0.1, 0.15) is 18.5 Å². The molecule has 5 nitrogen and oxygen atoms in total. The summed E-state index contributed by atoms with van der Waals surface area (Å²) in [5, 5.41) is 7.27. The predicted octanol–water partition coefficient (Wildman–Crippen LogP) is 1.85. The summed E-state index contributed by atoms with van der Waals surface area (Å²) in [4.78, 5) is 11.5. The number of carbonyl (C=O) groups is 1. The molecule has 18 heavy (non-hydrogen) atoms. The van der Waals surface area contributed by atoms with Crippen LogP contribution in [0.4, 0.5) is 4.39 Å². The van der Waals surface area contributed by atoms with Crippen LogP contribution in [-0.2, 0) is 4.79 Å². The van der Waals surface area contributed by atoms with E-state index in [-0.39, 0.29) is 10.6 Å². The standard InChI is InChI=1S/C11H8ClFN4O/c12-9-2-1-3-10(13)8(9)4-5-11(18)16-17-6-14-15-7-17/h1-7H,(H,16,18). The predicted molar refractivity (Wildman–Crippen MR) is 64.8 cm³/mol. The molecule has 0 bridgehead atoms. The minimum Gasteiger partial charge on any atom is -0.268 e. The summed E-state index contributed by atoms with van der Waals surface area (Å²) < 4.78 is 14.7. The first-order chi connectivity index (χ1) is 8.66. The summed E-state index contributed by atoms with van der Waals surface area (Å²) in [5.74, 6) is -0.940. The monoisotopic (exact) mass is 266 g/mol. The van der Waals surface area contributed by atoms with E-state index in [0.29, 0.717) is 0 Å². The Kier molecular flexibility index (Phi) is 3.69. The lowest BCUT2D eigenvalue weighted by atomic mass is 10.2. The fourth-order valence-electron chi connectivity index (χ4n) is 1.25. The molecule has 0 unspecified atom stereocenters. The molecule has 1 heterocycles. The second-order valence-electron chi connectivity index (χ2n) is 3.31. The van der Waals surface area contributed by atoms with Crippen LogP contribution in [0.2, 0.25) is 5.02 Å². The lowest BCUT2D eigenvalue weighted by Crippen LogP contribution is -2.18. The van der Waals surface area contributed by atoms with Crippen LogP contribution in [0.5, 0.6) is 0 Å². The van der Waals surface area contributed by atoms with Gasteiger partial charge in [0.15, 0.2) is 0 Å². The highest BCUT2D eigenvalue weighted by Gasteiger charge is 2.04. The van der Waals surface area contributed by atoms with Gasteiger partial charge in [-0.25, -0.2) is 9.07 Å². The SMILES string of the molecule is O=C(C=Cc1c(F)cccc1Cl)Nn1cnnc1. The number of benzene rings is 1. The fourth-order valence-corrected chi connectivity index (χ4v) is 1.48. The highest BCUT2D eigenvalue weighted by Crippen LogP contribution is 2.20. The molecule has 0 spiro atoms. The Balaban J connectivity index is 2.09. The Labute approximate surface area is 107 Å². The number of hydrogen-bond acceptors (Lipinski definition) is 3. The largest absolute Gasteiger partial charge is 0.268 e. The van der Waals surface area contributed by atoms with Crippen LogP contribution in [-0.4, -0.2) is 20.8 Å². The summed E-state index contributed by atoms with van der Waals surface area (Å²) in [5.41, 5.74) is 2.60. The molecule has 2 aromatic rings. The molecule has 1 aromatic heterocycles. The van der Waals surface area contributed by atoms with Crippen molar-refractivity contribution >= 4 is 23.6 Å². The Morgan fingerprint density at radius 2 is 2.11 bits per heavy atom. The van der Waals surface area contributed by atoms with Crippen molar-refractivity contribution in [3.63, 3.8) is 0 Å². The molecule has 0 atom stereocenters. The molecule has 1 amide bonds. The molecule has 0 saturated carbocycles. The van der Waals surface area contributed by atoms with E-state index in [4.69, 9.17) is 11.6 Å². The van der Waals surface area contributed by atoms with Crippen molar-refractivity contribution in [1.82, 2.24) is 14.9 Å². The highest BCUT2D eigenvalue weighted by atomic mass is 35.5. The molecular formula is C11H8ClFN4O. The summed E-state index contributed by atoms with van der Waals surface area (Å²) in [7, 11) is 0. The van der Waals surface area contributed by atoms with Crippen molar-refractivity contribution in [2.45, 2.75) is 0 Å². The molecule has 0 aliphatic carbocycles. The molecule has 0 aliphatic rings. The van der Waals surface area contributed by atoms with Crippen molar-refractivity contribution in [1.29, 1.82) is 0 Å². The van der Waals surface area contributed by atoms with Gasteiger partial charge in [-0.05, 0) is 18.2 Å². The number of halogens is 2. The molecule has 92 valence electrons. The first kappa shape index (κ1) is 12.3. The third-order valence-corrected chi connectivity index (χ3v) is 2.39. The molecular weight excluding hydrogens is 259 g/mol. The van der Waals surface area contributed by atoms with E-state index in [1.54, 1.807) is 6.07 Å². The Morgan fingerprint density at radius 1 is 1.39 bits per heavy atom. The van der Waals surface area contributed by atoms with Gasteiger partial charge in [-0.3, -0.25) is 10.2 Å². The number of nitrogens with zero attached hydrogens (tertiary/aromatic N) is 3. The number of carbonyl (C=O) groups excluding carboxylic acids is 1. The first-order valence-corrected chi connectivity index (χ1v) is 5.32. The molecule has 0 fully saturated rings. The molecule has 1 aromatic carbocycles. The maximum atomic E-state index is 13.4. The van der Waals surface area contributed by atoms with E-state index < -0.39 is 11.7 Å². The maximum Gasteiger partial charge on any atom is 0.262 e. The minimum absolute atomic E-state index is 0.165. The van der Waals surface area contributed by atoms with Crippen molar-refractivity contribution in [3.05, 3.63) is 53.3 Å². The van der Waals surface area contributed by atoms with Crippen LogP contribution in [0.15, 0.2) is 36.9 Å². The Hall–Kier alpha value is -2.21. The smallest absolute Gasteiger partial charge is 0.262 e. The summed E-state index contributed by atoms with van der Waals surface area (Å²) in [6.07, 6.45) is 5.12. The van der Waals surface area contributed by atoms with E-state index in [2.05, 4.69) is 15.6 Å². The number of rotatable bonds is 3. The van der Waals surface area contributed by atoms with E-state index >= 15 is 0 Å². The second kappa shape index (κ2) is 5.42. The van der Waals surface area contributed by atoms with Crippen LogP contribution in [0, 0.1) is 5.82 Å². The van der Waals surface area contributed by atoms with Crippen molar-refractivity contribution in [2.75, 3.05) is 5.43 Å². The van der Waals surface area contributed by atoms with E-state index in [1.165, 1.54) is 41.6 Å². The van der Waals surface area contributed by atoms with Gasteiger partial charge in [0.2, 0.25) is 0 Å². The number of hydrogen-bond donors (Lipinski definition) is 1. The zero-order chi connectivity index (χ0) is 13.0. The quantitative estimate of drug-likeness (QED) is 0.863. The van der Waals surface area contributed by atoms with Gasteiger partial charge in [-0.2, -0.15) is 0 Å². The summed E-state index contributed by atoms with van der Waals surface area (Å²) in [6, 6.07) is 4.30. The molecule has 0 aliphatic heterocycles. The zero-order valence-corrected chi connectivity index (χ0v) is 9.80. The average molecular weight is 267 g/mol. The van der Waals surface area contributed by atoms with Crippen LogP contribution in [0.25, 0.3) is 6.08 Å². The molecule has 0 saturated heterocycles. The lowest BCUT2D eigenvalue weighted by Gasteiger charge is -2.01. The Bertz CT molecular complexity index is 562. The van der Waals surface area contributed by atoms with Gasteiger partial charge >= 0.3 is 0 Å². The second-order valence-corrected chi connectivity index (χ2v) is 3.72. The third kappa shape index (κ3) is 2.92. The van der Waals surface area contributed by atoms with Crippen molar-refractivity contribution in [2.24, 2.45) is 0 Å². The van der Waals surface area contributed by atoms with Crippen LogP contribution in [0.3, 0.4) is 0 Å². The van der Waals surface area contributed by atoms with E-state index in [1.807, 2.05) is 0 Å². The van der Waals surface area contributed by atoms with Crippen LogP contribution < -0.4 is 5.43 Å². The molecule has 1 N–H and O–H groups in total. The molecule has 2 rings (SSSR count). The van der Waals surface area contributed by atoms with Crippen LogP contribution >= 0.6 is 11.6 Å². The average Bonchev–Trinajstić information content (AvgIpc) is 2.81. The van der Waals surface area contributed by atoms with E-state index in [9.17, 15) is 9.18 Å². The van der Waals surface area contributed by atoms with Crippen LogP contribution in [0.1, 0.15) is 5.56 Å². The normalized spacial score (nSPS) is 10.8. The van der Waals surface area contributed by atoms with Gasteiger partial charge < -0.3 is 0 Å². The summed E-state index contributed by atoms with van der Waals surface area (Å²) in [6.45, 7) is 0. The topological polar surface area (TPSA) is 59.8 Å². The number of amides is 1. The number of nitrogens with one attached hydrogen (secondary N) is 1. The van der Waals surface area contributed by atoms with Gasteiger partial charge in [-0.15, -0.1) is 10.2 Å². The van der Waals surface area contributed by atoms with Gasteiger partial charge in [0, 0.05) is 11.6 Å². The van der Waals surface area contributed by atoms with Gasteiger partial charge in [0.05, 0.1) is 5.02 Å². The summed E-state index contributed by atoms with van der Waals surface area (Å²) >= 11 is 5.81. The van der Waals surface area contributed by atoms with E-state index in [0.717, 1.165) is 0 Å². The maximum absolute atomic E-state index is 13.4. The Morgan fingerprint density at radius 3 is 2.78 bits per heavy atom. The van der Waals surface area contributed by atoms with Crippen molar-refractivity contribution in [3.8, 4) is 0 Å². The number of aromatic nitrogens is 3. The molecule has 7 heteroatoms. The van der Waals surface area contributed by atoms with Crippen molar-refractivity contribution < 1.29 is 9.18 Å². The lowest BCUT2D eigenvalue weighted by molar-refractivity contribution is -0.112. The van der Waals surface area contributed by atoms with Gasteiger partial charge in [0.25, 0.3) is 5.91 Å². The highest BCUT2D eigenvalue weighted by molar-refractivity contribution is 6.32. The minimum atomic E-state index is -0.490. The zero-order valence-electron chi connectivity index (χ0n) is 9.05. The third-order valence-electron chi connectivity index (χ3n) is 2.06. The molecule has 0 radical (unpaired) electrons.